The third-order valence-electron chi connectivity index (χ3n) is 2.81. The molecule has 1 saturated carbocycles. The Kier molecular flexibility index (Phi) is 3.24. The lowest BCUT2D eigenvalue weighted by Crippen LogP contribution is -2.29. The molecule has 0 N–H and O–H groups in total. The third kappa shape index (κ3) is 2.45. The molecule has 1 aliphatic rings. The molecular weight excluding hydrogens is 296 g/mol. The van der Waals surface area contributed by atoms with Crippen LogP contribution in [0.2, 0.25) is 0 Å². The predicted octanol–water partition coefficient (Wildman–Crippen LogP) is 3.29. The summed E-state index contributed by atoms with van der Waals surface area (Å²) < 4.78 is 24.8. The van der Waals surface area contributed by atoms with Crippen LogP contribution in [-0.4, -0.2) is 13.7 Å². The zero-order valence-electron chi connectivity index (χ0n) is 8.49. The summed E-state index contributed by atoms with van der Waals surface area (Å²) in [5.41, 5.74) is 0. The van der Waals surface area contributed by atoms with Crippen molar-refractivity contribution in [3.05, 3.63) is 20.3 Å². The minimum Gasteiger partial charge on any atom is -0.228 e. The zero-order valence-corrected chi connectivity index (χ0v) is 11.7. The van der Waals surface area contributed by atoms with Gasteiger partial charge in [-0.25, -0.2) is 8.42 Å². The van der Waals surface area contributed by atoms with E-state index in [9.17, 15) is 8.42 Å². The molecule has 1 aromatic rings. The van der Waals surface area contributed by atoms with Crippen molar-refractivity contribution >= 4 is 37.1 Å². The SMILES string of the molecule is Cc1sc(CS(=O)(=O)C2CCC2)cc1Br. The molecule has 1 aliphatic carbocycles. The third-order valence-corrected chi connectivity index (χ3v) is 7.33. The van der Waals surface area contributed by atoms with E-state index in [-0.39, 0.29) is 11.0 Å². The first-order valence-corrected chi connectivity index (χ1v) is 8.28. The largest absolute Gasteiger partial charge is 0.228 e. The number of hydrogen-bond acceptors (Lipinski definition) is 3. The molecule has 0 unspecified atom stereocenters. The van der Waals surface area contributed by atoms with Gasteiger partial charge in [-0.05, 0) is 41.8 Å². The molecule has 1 heterocycles. The van der Waals surface area contributed by atoms with E-state index in [1.54, 1.807) is 11.3 Å². The van der Waals surface area contributed by atoms with Crippen LogP contribution < -0.4 is 0 Å². The van der Waals surface area contributed by atoms with Crippen LogP contribution in [-0.2, 0) is 15.6 Å². The Bertz CT molecular complexity index is 438. The fraction of sp³-hybridized carbons (Fsp3) is 0.600. The van der Waals surface area contributed by atoms with E-state index in [1.165, 1.54) is 0 Å². The minimum absolute atomic E-state index is 0.0707. The van der Waals surface area contributed by atoms with E-state index < -0.39 is 9.84 Å². The second-order valence-corrected chi connectivity index (χ2v) is 8.45. The Morgan fingerprint density at radius 1 is 1.53 bits per heavy atom. The van der Waals surface area contributed by atoms with Crippen molar-refractivity contribution in [2.24, 2.45) is 0 Å². The minimum atomic E-state index is -2.89. The van der Waals surface area contributed by atoms with Crippen LogP contribution in [0.15, 0.2) is 10.5 Å². The summed E-state index contributed by atoms with van der Waals surface area (Å²) in [5, 5.41) is -0.0707. The molecule has 15 heavy (non-hydrogen) atoms. The first-order valence-electron chi connectivity index (χ1n) is 4.95. The Labute approximate surface area is 103 Å². The van der Waals surface area contributed by atoms with Crippen LogP contribution in [0.25, 0.3) is 0 Å². The Balaban J connectivity index is 2.14. The molecule has 5 heteroatoms. The molecule has 0 radical (unpaired) electrons. The molecule has 0 aromatic carbocycles. The van der Waals surface area contributed by atoms with Crippen LogP contribution >= 0.6 is 27.3 Å². The number of aryl methyl sites for hydroxylation is 1. The van der Waals surface area contributed by atoms with E-state index in [0.717, 1.165) is 33.5 Å². The maximum Gasteiger partial charge on any atom is 0.158 e. The van der Waals surface area contributed by atoms with Crippen molar-refractivity contribution in [3.8, 4) is 0 Å². The van der Waals surface area contributed by atoms with Gasteiger partial charge in [0.05, 0.1) is 11.0 Å². The molecule has 0 amide bonds. The van der Waals surface area contributed by atoms with Gasteiger partial charge >= 0.3 is 0 Å². The van der Waals surface area contributed by atoms with Crippen molar-refractivity contribution < 1.29 is 8.42 Å². The summed E-state index contributed by atoms with van der Waals surface area (Å²) >= 11 is 4.97. The molecule has 2 rings (SSSR count). The molecule has 0 bridgehead atoms. The number of rotatable bonds is 3. The van der Waals surface area contributed by atoms with Gasteiger partial charge in [0.15, 0.2) is 9.84 Å². The summed E-state index contributed by atoms with van der Waals surface area (Å²) in [4.78, 5) is 2.10. The van der Waals surface area contributed by atoms with Gasteiger partial charge in [-0.2, -0.15) is 0 Å². The number of thiophene rings is 1. The number of hydrogen-bond donors (Lipinski definition) is 0. The molecule has 2 nitrogen and oxygen atoms in total. The maximum absolute atomic E-state index is 11.9. The molecule has 0 saturated heterocycles. The standard InChI is InChI=1S/C10H13BrO2S2/c1-7-10(11)5-8(14-7)6-15(12,13)9-3-2-4-9/h5,9H,2-4,6H2,1H3. The highest BCUT2D eigenvalue weighted by atomic mass is 79.9. The Morgan fingerprint density at radius 2 is 2.20 bits per heavy atom. The summed E-state index contributed by atoms with van der Waals surface area (Å²) in [6, 6.07) is 1.93. The first-order chi connectivity index (χ1) is 6.99. The molecule has 0 spiro atoms. The average Bonchev–Trinajstić information content (AvgIpc) is 2.23. The van der Waals surface area contributed by atoms with E-state index in [4.69, 9.17) is 0 Å². The molecule has 0 aliphatic heterocycles. The Hall–Kier alpha value is 0.130. The first kappa shape index (κ1) is 11.6. The smallest absolute Gasteiger partial charge is 0.158 e. The van der Waals surface area contributed by atoms with Gasteiger partial charge in [0.25, 0.3) is 0 Å². The lowest BCUT2D eigenvalue weighted by molar-refractivity contribution is 0.476. The van der Waals surface area contributed by atoms with Crippen LogP contribution in [0, 0.1) is 6.92 Å². The summed E-state index contributed by atoms with van der Waals surface area (Å²) in [6.07, 6.45) is 2.78. The average molecular weight is 309 g/mol. The van der Waals surface area contributed by atoms with Crippen molar-refractivity contribution in [2.45, 2.75) is 37.2 Å². The summed E-state index contributed by atoms with van der Waals surface area (Å²) in [5.74, 6) is 0.217. The van der Waals surface area contributed by atoms with E-state index in [1.807, 2.05) is 13.0 Å². The fourth-order valence-electron chi connectivity index (χ4n) is 1.64. The van der Waals surface area contributed by atoms with Crippen LogP contribution in [0.1, 0.15) is 29.0 Å². The van der Waals surface area contributed by atoms with Crippen molar-refractivity contribution in [1.82, 2.24) is 0 Å². The lowest BCUT2D eigenvalue weighted by atomic mass is 10.0. The molecular formula is C10H13BrO2S2. The van der Waals surface area contributed by atoms with E-state index >= 15 is 0 Å². The van der Waals surface area contributed by atoms with E-state index in [0.29, 0.717) is 0 Å². The lowest BCUT2D eigenvalue weighted by Gasteiger charge is -2.24. The number of halogens is 1. The molecule has 1 aromatic heterocycles. The second kappa shape index (κ2) is 4.18. The van der Waals surface area contributed by atoms with Gasteiger partial charge < -0.3 is 0 Å². The predicted molar refractivity (Wildman–Crippen MR) is 67.0 cm³/mol. The van der Waals surface area contributed by atoms with Gasteiger partial charge in [-0.15, -0.1) is 11.3 Å². The summed E-state index contributed by atoms with van der Waals surface area (Å²) in [6.45, 7) is 1.99. The molecule has 1 fully saturated rings. The highest BCUT2D eigenvalue weighted by Crippen LogP contribution is 2.32. The molecule has 0 atom stereocenters. The van der Waals surface area contributed by atoms with Crippen LogP contribution in [0.3, 0.4) is 0 Å². The van der Waals surface area contributed by atoms with Gasteiger partial charge in [-0.1, -0.05) is 6.42 Å². The van der Waals surface area contributed by atoms with Crippen LogP contribution in [0.5, 0.6) is 0 Å². The second-order valence-electron chi connectivity index (χ2n) is 3.98. The van der Waals surface area contributed by atoms with Gasteiger partial charge in [0.2, 0.25) is 0 Å². The van der Waals surface area contributed by atoms with Gasteiger partial charge in [-0.3, -0.25) is 0 Å². The highest BCUT2D eigenvalue weighted by molar-refractivity contribution is 9.10. The van der Waals surface area contributed by atoms with Crippen LogP contribution in [0.4, 0.5) is 0 Å². The number of sulfone groups is 1. The quantitative estimate of drug-likeness (QED) is 0.858. The van der Waals surface area contributed by atoms with Gasteiger partial charge in [0, 0.05) is 14.2 Å². The monoisotopic (exact) mass is 308 g/mol. The van der Waals surface area contributed by atoms with Crippen molar-refractivity contribution in [3.63, 3.8) is 0 Å². The van der Waals surface area contributed by atoms with Gasteiger partial charge in [0.1, 0.15) is 0 Å². The zero-order chi connectivity index (χ0) is 11.1. The van der Waals surface area contributed by atoms with Crippen molar-refractivity contribution in [2.75, 3.05) is 0 Å². The fourth-order valence-corrected chi connectivity index (χ4v) is 5.53. The topological polar surface area (TPSA) is 34.1 Å². The maximum atomic E-state index is 11.9. The Morgan fingerprint density at radius 3 is 2.60 bits per heavy atom. The normalized spacial score (nSPS) is 17.7. The highest BCUT2D eigenvalue weighted by Gasteiger charge is 2.31. The summed E-state index contributed by atoms with van der Waals surface area (Å²) in [7, 11) is -2.89. The van der Waals surface area contributed by atoms with Crippen molar-refractivity contribution in [1.29, 1.82) is 0 Å². The van der Waals surface area contributed by atoms with E-state index in [2.05, 4.69) is 15.9 Å². The molecule has 84 valence electrons.